The molecule has 6 nitrogen and oxygen atoms in total. The molecule has 244 valence electrons. The van der Waals surface area contributed by atoms with Crippen LogP contribution in [0.15, 0.2) is 54.6 Å². The van der Waals surface area contributed by atoms with Gasteiger partial charge < -0.3 is 4.90 Å². The Kier molecular flexibility index (Phi) is 10.5. The number of hydroxylamine groups is 2. The fraction of sp³-hybridized carbons (Fsp3) is 0.615. The molecule has 7 rings (SSSR count). The monoisotopic (exact) mass is 612 g/mol. The van der Waals surface area contributed by atoms with Crippen LogP contribution in [0.3, 0.4) is 0 Å². The van der Waals surface area contributed by atoms with Crippen molar-refractivity contribution in [2.75, 3.05) is 33.2 Å². The first kappa shape index (κ1) is 32.4. The molecule has 0 radical (unpaired) electrons. The number of carbonyl (C=O) groups excluding carboxylic acids is 1. The molecule has 45 heavy (non-hydrogen) atoms. The maximum Gasteiger partial charge on any atom is 0.268 e. The molecule has 5 atom stereocenters. The maximum absolute atomic E-state index is 13.4. The zero-order valence-corrected chi connectivity index (χ0v) is 28.1. The lowest BCUT2D eigenvalue weighted by Crippen LogP contribution is -2.49. The van der Waals surface area contributed by atoms with Crippen molar-refractivity contribution in [2.24, 2.45) is 17.7 Å². The number of aryl methyl sites for hydroxylation is 2. The molecule has 2 bridgehead atoms. The maximum atomic E-state index is 13.4. The average molecular weight is 613 g/mol. The van der Waals surface area contributed by atoms with E-state index in [1.807, 2.05) is 19.1 Å². The van der Waals surface area contributed by atoms with Crippen LogP contribution in [0.25, 0.3) is 0 Å². The first-order valence-electron chi connectivity index (χ1n) is 17.9. The zero-order valence-electron chi connectivity index (χ0n) is 28.1. The quantitative estimate of drug-likeness (QED) is 0.233. The van der Waals surface area contributed by atoms with Gasteiger partial charge in [-0.1, -0.05) is 55.8 Å². The van der Waals surface area contributed by atoms with Gasteiger partial charge in [0, 0.05) is 43.2 Å². The number of hydrogen-bond donors (Lipinski definition) is 1. The van der Waals surface area contributed by atoms with Crippen LogP contribution in [0, 0.1) is 11.8 Å². The Morgan fingerprint density at radius 3 is 2.49 bits per heavy atom. The first-order chi connectivity index (χ1) is 21.8. The summed E-state index contributed by atoms with van der Waals surface area (Å²) in [5.41, 5.74) is 6.50. The highest BCUT2D eigenvalue weighted by molar-refractivity contribution is 5.94. The molecule has 3 heterocycles. The lowest BCUT2D eigenvalue weighted by Gasteiger charge is -2.47. The van der Waals surface area contributed by atoms with Crippen molar-refractivity contribution >= 4 is 5.91 Å². The summed E-state index contributed by atoms with van der Waals surface area (Å²) in [6.45, 7) is 8.53. The molecule has 1 saturated carbocycles. The summed E-state index contributed by atoms with van der Waals surface area (Å²) in [6, 6.07) is 15.5. The van der Waals surface area contributed by atoms with Crippen molar-refractivity contribution in [3.05, 3.63) is 82.4 Å². The molecule has 5 aliphatic rings. The topological polar surface area (TPSA) is 62.0 Å². The van der Waals surface area contributed by atoms with Crippen molar-refractivity contribution in [1.82, 2.24) is 15.0 Å². The van der Waals surface area contributed by atoms with Gasteiger partial charge in [0.15, 0.2) is 0 Å². The SMILES string of the molecule is CCc1ccc2c(c1)CCCC21Cc2ccc(cc2)C(=O)N(N)C(C)C/C=C/CC(ON2CCCCC2)C2CCC2CN(C)C1. The fourth-order valence-electron chi connectivity index (χ4n) is 8.64. The Morgan fingerprint density at radius 1 is 0.978 bits per heavy atom. The lowest BCUT2D eigenvalue weighted by molar-refractivity contribution is -0.232. The van der Waals surface area contributed by atoms with E-state index in [1.165, 1.54) is 78.6 Å². The van der Waals surface area contributed by atoms with Gasteiger partial charge in [-0.15, -0.1) is 0 Å². The van der Waals surface area contributed by atoms with E-state index in [1.54, 1.807) is 0 Å². The molecule has 2 aromatic rings. The molecule has 2 fully saturated rings. The molecular formula is C39H56N4O2. The van der Waals surface area contributed by atoms with Gasteiger partial charge in [0.1, 0.15) is 0 Å². The number of piperidine rings is 1. The average Bonchev–Trinajstić information content (AvgIpc) is 3.04. The van der Waals surface area contributed by atoms with Crippen LogP contribution in [0.2, 0.25) is 0 Å². The van der Waals surface area contributed by atoms with Gasteiger partial charge in [0.25, 0.3) is 5.91 Å². The van der Waals surface area contributed by atoms with Gasteiger partial charge in [-0.3, -0.25) is 14.6 Å². The van der Waals surface area contributed by atoms with E-state index in [0.29, 0.717) is 17.4 Å². The lowest BCUT2D eigenvalue weighted by atomic mass is 9.65. The Balaban J connectivity index is 1.31. The molecule has 2 N–H and O–H groups in total. The highest BCUT2D eigenvalue weighted by Crippen LogP contribution is 2.44. The summed E-state index contributed by atoms with van der Waals surface area (Å²) in [6.07, 6.45) is 18.2. The predicted molar refractivity (Wildman–Crippen MR) is 183 cm³/mol. The Hall–Kier alpha value is -2.51. The van der Waals surface area contributed by atoms with Crippen LogP contribution in [-0.2, 0) is 29.5 Å². The Morgan fingerprint density at radius 2 is 1.76 bits per heavy atom. The molecular weight excluding hydrogens is 556 g/mol. The summed E-state index contributed by atoms with van der Waals surface area (Å²) in [5.74, 6) is 7.50. The van der Waals surface area contributed by atoms with E-state index < -0.39 is 0 Å². The molecule has 3 aliphatic heterocycles. The molecule has 5 unspecified atom stereocenters. The Labute approximate surface area is 271 Å². The second-order valence-corrected chi connectivity index (χ2v) is 14.7. The first-order valence-corrected chi connectivity index (χ1v) is 17.9. The van der Waals surface area contributed by atoms with Crippen LogP contribution in [0.5, 0.6) is 0 Å². The van der Waals surface area contributed by atoms with Gasteiger partial charge in [-0.05, 0) is 131 Å². The number of carbonyl (C=O) groups is 1. The minimum absolute atomic E-state index is 0.0448. The Bertz CT molecular complexity index is 1320. The molecule has 2 aromatic carbocycles. The molecule has 2 aliphatic carbocycles. The molecule has 6 heteroatoms. The number of likely N-dealkylation sites (N-methyl/N-ethyl adjacent to an activating group) is 1. The van der Waals surface area contributed by atoms with E-state index in [9.17, 15) is 4.79 Å². The number of amides is 1. The van der Waals surface area contributed by atoms with E-state index in [2.05, 4.69) is 66.4 Å². The van der Waals surface area contributed by atoms with Crippen molar-refractivity contribution in [1.29, 1.82) is 0 Å². The standard InChI is InChI=1S/C39H56N4O2/c1-4-30-16-21-36-33(25-30)12-10-22-39(36)26-31-14-17-32(18-15-31)38(44)43(40)29(2)11-6-7-13-37(45-42-23-8-5-9-24-42)35-20-19-34(35)27-41(3)28-39/h6-7,14-18,21,25,29,34-35,37H,4-5,8-13,19-20,22-24,26-28,40H2,1-3H3/b7-6+. The summed E-state index contributed by atoms with van der Waals surface area (Å²) < 4.78 is 0. The fourth-order valence-corrected chi connectivity index (χ4v) is 8.64. The normalized spacial score (nSPS) is 31.4. The van der Waals surface area contributed by atoms with Crippen LogP contribution in [0.4, 0.5) is 0 Å². The second-order valence-electron chi connectivity index (χ2n) is 14.7. The highest BCUT2D eigenvalue weighted by atomic mass is 16.7. The number of hydrogen-bond acceptors (Lipinski definition) is 5. The van der Waals surface area contributed by atoms with Gasteiger partial charge in [0.2, 0.25) is 0 Å². The second kappa shape index (κ2) is 14.5. The van der Waals surface area contributed by atoms with E-state index >= 15 is 0 Å². The van der Waals surface area contributed by atoms with Gasteiger partial charge >= 0.3 is 0 Å². The molecule has 1 amide bonds. The van der Waals surface area contributed by atoms with Crippen LogP contribution in [0.1, 0.15) is 104 Å². The third-order valence-corrected chi connectivity index (χ3v) is 11.4. The van der Waals surface area contributed by atoms with Crippen molar-refractivity contribution in [3.63, 3.8) is 0 Å². The van der Waals surface area contributed by atoms with Crippen molar-refractivity contribution < 1.29 is 9.63 Å². The van der Waals surface area contributed by atoms with Gasteiger partial charge in [0.05, 0.1) is 6.10 Å². The van der Waals surface area contributed by atoms with Crippen LogP contribution in [-0.4, -0.2) is 66.3 Å². The minimum Gasteiger partial charge on any atom is -0.305 e. The third kappa shape index (κ3) is 7.40. The molecule has 1 spiro atoms. The van der Waals surface area contributed by atoms with Crippen molar-refractivity contribution in [3.8, 4) is 0 Å². The number of benzene rings is 2. The number of rotatable bonds is 3. The van der Waals surface area contributed by atoms with Gasteiger partial charge in [-0.2, -0.15) is 5.06 Å². The van der Waals surface area contributed by atoms with E-state index in [-0.39, 0.29) is 23.5 Å². The largest absolute Gasteiger partial charge is 0.305 e. The smallest absolute Gasteiger partial charge is 0.268 e. The van der Waals surface area contributed by atoms with Crippen LogP contribution < -0.4 is 5.84 Å². The van der Waals surface area contributed by atoms with E-state index in [0.717, 1.165) is 51.9 Å². The summed E-state index contributed by atoms with van der Waals surface area (Å²) >= 11 is 0. The predicted octanol–water partition coefficient (Wildman–Crippen LogP) is 6.86. The number of hydrazine groups is 1. The number of nitrogens with two attached hydrogens (primary N) is 1. The number of fused-ring (bicyclic) bond motifs is 11. The highest BCUT2D eigenvalue weighted by Gasteiger charge is 2.42. The summed E-state index contributed by atoms with van der Waals surface area (Å²) in [7, 11) is 2.35. The minimum atomic E-state index is -0.117. The van der Waals surface area contributed by atoms with Crippen molar-refractivity contribution in [2.45, 2.75) is 108 Å². The molecule has 0 aromatic heterocycles. The summed E-state index contributed by atoms with van der Waals surface area (Å²) in [4.78, 5) is 22.8. The zero-order chi connectivity index (χ0) is 31.4. The van der Waals surface area contributed by atoms with Crippen LogP contribution >= 0.6 is 0 Å². The third-order valence-electron chi connectivity index (χ3n) is 11.4. The van der Waals surface area contributed by atoms with Gasteiger partial charge in [-0.25, -0.2) is 5.84 Å². The molecule has 1 saturated heterocycles. The van der Waals surface area contributed by atoms with E-state index in [4.69, 9.17) is 10.7 Å². The number of nitrogens with zero attached hydrogens (tertiary/aromatic N) is 3. The summed E-state index contributed by atoms with van der Waals surface area (Å²) in [5, 5.41) is 3.67.